The van der Waals surface area contributed by atoms with Gasteiger partial charge in [0.2, 0.25) is 0 Å². The van der Waals surface area contributed by atoms with Crippen LogP contribution >= 0.6 is 0 Å². The lowest BCUT2D eigenvalue weighted by Crippen LogP contribution is -2.25. The van der Waals surface area contributed by atoms with Crippen LogP contribution in [0.15, 0.2) is 62.1 Å². The highest BCUT2D eigenvalue weighted by atomic mass is 19.1. The first-order valence-corrected chi connectivity index (χ1v) is 11.4. The number of allylic oxidation sites excluding steroid dienone is 4. The first-order valence-electron chi connectivity index (χ1n) is 11.4. The Morgan fingerprint density at radius 3 is 2.43 bits per heavy atom. The third-order valence-electron chi connectivity index (χ3n) is 4.87. The second-order valence-electron chi connectivity index (χ2n) is 8.52. The minimum atomic E-state index is -0.119. The molecule has 1 heterocycles. The van der Waals surface area contributed by atoms with Crippen molar-refractivity contribution in [1.82, 2.24) is 5.32 Å². The van der Waals surface area contributed by atoms with Crippen molar-refractivity contribution in [1.29, 1.82) is 0 Å². The number of hydrogen-bond acceptors (Lipinski definition) is 2. The van der Waals surface area contributed by atoms with Gasteiger partial charge >= 0.3 is 0 Å². The first kappa shape index (κ1) is 25.9. The van der Waals surface area contributed by atoms with Gasteiger partial charge in [0.15, 0.2) is 0 Å². The van der Waals surface area contributed by atoms with Gasteiger partial charge in [-0.2, -0.15) is 0 Å². The zero-order valence-corrected chi connectivity index (χ0v) is 20.1. The predicted octanol–water partition coefficient (Wildman–Crippen LogP) is 8.27. The van der Waals surface area contributed by atoms with Crippen LogP contribution in [0.3, 0.4) is 0 Å². The van der Waals surface area contributed by atoms with Crippen LogP contribution in [0.5, 0.6) is 0 Å². The third kappa shape index (κ3) is 9.15. The Labute approximate surface area is 183 Å². The second kappa shape index (κ2) is 14.0. The van der Waals surface area contributed by atoms with E-state index in [1.807, 2.05) is 32.9 Å². The molecule has 0 radical (unpaired) electrons. The summed E-state index contributed by atoms with van der Waals surface area (Å²) in [5, 5.41) is 3.38. The number of amidine groups is 1. The standard InChI is InChI=1S/C26H41FN2O/c1-8-10-13-21(7)29-26(28-18-23-14-11-17-30-23)24(20(5)6)25(27)22(12-9-2)16-15-19(3)4/h11,13-14,17,19H,8-10,12,15-16,18H2,1-7H3,(H,28,29)/b21-13+,25-22-. The minimum Gasteiger partial charge on any atom is -0.467 e. The zero-order valence-electron chi connectivity index (χ0n) is 20.1. The van der Waals surface area contributed by atoms with E-state index in [1.54, 1.807) is 6.26 Å². The van der Waals surface area contributed by atoms with Crippen molar-refractivity contribution in [2.75, 3.05) is 0 Å². The highest BCUT2D eigenvalue weighted by molar-refractivity contribution is 6.03. The summed E-state index contributed by atoms with van der Waals surface area (Å²) in [7, 11) is 0. The van der Waals surface area contributed by atoms with E-state index in [1.165, 1.54) is 0 Å². The molecule has 0 spiro atoms. The Kier molecular flexibility index (Phi) is 12.1. The Balaban J connectivity index is 3.38. The van der Waals surface area contributed by atoms with E-state index < -0.39 is 0 Å². The lowest BCUT2D eigenvalue weighted by molar-refractivity contribution is 0.512. The van der Waals surface area contributed by atoms with Crippen molar-refractivity contribution in [3.63, 3.8) is 0 Å². The van der Waals surface area contributed by atoms with E-state index in [0.29, 0.717) is 23.9 Å². The number of nitrogens with one attached hydrogen (secondary N) is 1. The number of rotatable bonds is 12. The summed E-state index contributed by atoms with van der Waals surface area (Å²) in [6.07, 6.45) is 9.28. The van der Waals surface area contributed by atoms with Gasteiger partial charge in [0.1, 0.15) is 17.4 Å². The molecule has 0 bridgehead atoms. The smallest absolute Gasteiger partial charge is 0.135 e. The van der Waals surface area contributed by atoms with Gasteiger partial charge in [-0.1, -0.05) is 52.2 Å². The molecule has 1 aromatic rings. The van der Waals surface area contributed by atoms with Gasteiger partial charge < -0.3 is 9.73 Å². The molecule has 0 aliphatic heterocycles. The van der Waals surface area contributed by atoms with Crippen LogP contribution in [-0.4, -0.2) is 5.84 Å². The van der Waals surface area contributed by atoms with Gasteiger partial charge in [-0.15, -0.1) is 0 Å². The number of halogens is 1. The van der Waals surface area contributed by atoms with Crippen molar-refractivity contribution < 1.29 is 8.81 Å². The molecular formula is C26H41FN2O. The molecule has 1 rings (SSSR count). The van der Waals surface area contributed by atoms with Crippen molar-refractivity contribution in [3.8, 4) is 0 Å². The highest BCUT2D eigenvalue weighted by Crippen LogP contribution is 2.28. The summed E-state index contributed by atoms with van der Waals surface area (Å²) in [4.78, 5) is 4.73. The topological polar surface area (TPSA) is 37.5 Å². The number of unbranched alkanes of at least 4 members (excludes halogenated alkanes) is 1. The maximum absolute atomic E-state index is 15.9. The number of aliphatic imine (C=N–C) groups is 1. The van der Waals surface area contributed by atoms with E-state index in [0.717, 1.165) is 61.1 Å². The molecule has 0 saturated heterocycles. The Morgan fingerprint density at radius 2 is 1.90 bits per heavy atom. The SMILES string of the molecule is CCC/C=C(\C)NC(=NCc1ccco1)C(=C(C)C)/C(F)=C(\CCC)CCC(C)C. The molecule has 0 unspecified atom stereocenters. The first-order chi connectivity index (χ1) is 14.3. The Hall–Kier alpha value is -2.10. The summed E-state index contributed by atoms with van der Waals surface area (Å²) >= 11 is 0. The molecule has 0 saturated carbocycles. The molecule has 0 aliphatic carbocycles. The average Bonchev–Trinajstić information content (AvgIpc) is 3.20. The summed E-state index contributed by atoms with van der Waals surface area (Å²) in [6.45, 7) is 14.9. The molecule has 0 aromatic carbocycles. The highest BCUT2D eigenvalue weighted by Gasteiger charge is 2.19. The molecule has 0 atom stereocenters. The number of nitrogens with zero attached hydrogens (tertiary/aromatic N) is 1. The van der Waals surface area contributed by atoms with E-state index in [-0.39, 0.29) is 5.83 Å². The van der Waals surface area contributed by atoms with E-state index in [4.69, 9.17) is 9.41 Å². The van der Waals surface area contributed by atoms with Crippen LogP contribution < -0.4 is 5.32 Å². The van der Waals surface area contributed by atoms with Crippen molar-refractivity contribution in [3.05, 3.63) is 58.5 Å². The van der Waals surface area contributed by atoms with Gasteiger partial charge in [-0.05, 0) is 70.1 Å². The lowest BCUT2D eigenvalue weighted by Gasteiger charge is -2.18. The maximum atomic E-state index is 15.9. The van der Waals surface area contributed by atoms with Gasteiger partial charge in [0.05, 0.1) is 18.4 Å². The van der Waals surface area contributed by atoms with Gasteiger partial charge in [0.25, 0.3) is 0 Å². The van der Waals surface area contributed by atoms with Crippen LogP contribution in [0.2, 0.25) is 0 Å². The molecule has 0 aliphatic rings. The lowest BCUT2D eigenvalue weighted by atomic mass is 9.95. The van der Waals surface area contributed by atoms with Crippen LogP contribution in [-0.2, 0) is 6.54 Å². The Bertz CT molecular complexity index is 748. The monoisotopic (exact) mass is 416 g/mol. The summed E-state index contributed by atoms with van der Waals surface area (Å²) < 4.78 is 21.3. The zero-order chi connectivity index (χ0) is 22.5. The molecule has 168 valence electrons. The normalized spacial score (nSPS) is 13.5. The molecule has 1 aromatic heterocycles. The van der Waals surface area contributed by atoms with Gasteiger partial charge in [-0.25, -0.2) is 4.39 Å². The fourth-order valence-electron chi connectivity index (χ4n) is 3.19. The van der Waals surface area contributed by atoms with Crippen LogP contribution in [0.25, 0.3) is 0 Å². The maximum Gasteiger partial charge on any atom is 0.135 e. The second-order valence-corrected chi connectivity index (χ2v) is 8.52. The average molecular weight is 417 g/mol. The molecule has 4 heteroatoms. The van der Waals surface area contributed by atoms with Crippen LogP contribution in [0.1, 0.15) is 92.8 Å². The van der Waals surface area contributed by atoms with Crippen molar-refractivity contribution in [2.45, 2.75) is 93.5 Å². The van der Waals surface area contributed by atoms with E-state index in [2.05, 4.69) is 39.1 Å². The molecule has 0 fully saturated rings. The Morgan fingerprint density at radius 1 is 1.17 bits per heavy atom. The largest absolute Gasteiger partial charge is 0.467 e. The quantitative estimate of drug-likeness (QED) is 0.211. The fraction of sp³-hybridized carbons (Fsp3) is 0.577. The molecule has 3 nitrogen and oxygen atoms in total. The molecular weight excluding hydrogens is 375 g/mol. The minimum absolute atomic E-state index is 0.119. The van der Waals surface area contributed by atoms with E-state index in [9.17, 15) is 0 Å². The van der Waals surface area contributed by atoms with Gasteiger partial charge in [-0.3, -0.25) is 4.99 Å². The van der Waals surface area contributed by atoms with Crippen LogP contribution in [0.4, 0.5) is 4.39 Å². The number of hydrogen-bond donors (Lipinski definition) is 1. The van der Waals surface area contributed by atoms with Crippen molar-refractivity contribution >= 4 is 5.84 Å². The summed E-state index contributed by atoms with van der Waals surface area (Å²) in [5.74, 6) is 1.76. The summed E-state index contributed by atoms with van der Waals surface area (Å²) in [5.41, 5.74) is 3.38. The molecule has 0 amide bonds. The van der Waals surface area contributed by atoms with Crippen molar-refractivity contribution in [2.24, 2.45) is 10.9 Å². The van der Waals surface area contributed by atoms with E-state index >= 15 is 4.39 Å². The fourth-order valence-corrected chi connectivity index (χ4v) is 3.19. The third-order valence-corrected chi connectivity index (χ3v) is 4.87. The van der Waals surface area contributed by atoms with Gasteiger partial charge in [0, 0.05) is 5.70 Å². The number of furan rings is 1. The molecule has 1 N–H and O–H groups in total. The summed E-state index contributed by atoms with van der Waals surface area (Å²) in [6, 6.07) is 3.73. The molecule has 30 heavy (non-hydrogen) atoms. The van der Waals surface area contributed by atoms with Crippen LogP contribution in [0, 0.1) is 5.92 Å². The predicted molar refractivity (Wildman–Crippen MR) is 127 cm³/mol.